The molecule has 1 saturated heterocycles. The van der Waals surface area contributed by atoms with E-state index < -0.39 is 11.7 Å². The highest BCUT2D eigenvalue weighted by molar-refractivity contribution is 5.81. The summed E-state index contributed by atoms with van der Waals surface area (Å²) in [5.41, 5.74) is 0.0823. The van der Waals surface area contributed by atoms with Crippen molar-refractivity contribution in [3.05, 3.63) is 35.4 Å². The number of amides is 1. The van der Waals surface area contributed by atoms with Crippen molar-refractivity contribution in [2.45, 2.75) is 57.3 Å². The van der Waals surface area contributed by atoms with E-state index in [1.165, 1.54) is 18.6 Å². The zero-order valence-electron chi connectivity index (χ0n) is 16.8. The van der Waals surface area contributed by atoms with Crippen molar-refractivity contribution in [3.63, 3.8) is 0 Å². The number of nitrogens with zero attached hydrogens (tertiary/aromatic N) is 2. The van der Waals surface area contributed by atoms with E-state index in [1.807, 2.05) is 4.90 Å². The topological polar surface area (TPSA) is 56.7 Å². The molecule has 1 saturated carbocycles. The molecule has 2 aliphatic rings. The second kappa shape index (κ2) is 9.50. The van der Waals surface area contributed by atoms with Crippen LogP contribution in [0, 0.1) is 5.92 Å². The fraction of sp³-hybridized carbons (Fsp3) is 0.619. The largest absolute Gasteiger partial charge is 0.416 e. The molecule has 2 fully saturated rings. The van der Waals surface area contributed by atoms with Crippen LogP contribution in [0.1, 0.15) is 49.7 Å². The summed E-state index contributed by atoms with van der Waals surface area (Å²) in [7, 11) is 1.65. The number of hydrogen-bond donors (Lipinski definition) is 2. The maximum Gasteiger partial charge on any atom is 0.416 e. The maximum absolute atomic E-state index is 12.7. The molecule has 1 aliphatic carbocycles. The van der Waals surface area contributed by atoms with Gasteiger partial charge in [-0.3, -0.25) is 9.79 Å². The van der Waals surface area contributed by atoms with E-state index in [0.29, 0.717) is 19.0 Å². The number of rotatable bonds is 4. The molecule has 0 bridgehead atoms. The number of likely N-dealkylation sites (tertiary alicyclic amines) is 1. The normalized spacial score (nSPS) is 21.3. The lowest BCUT2D eigenvalue weighted by Gasteiger charge is -2.26. The third-order valence-electron chi connectivity index (χ3n) is 5.76. The Balaban J connectivity index is 1.46. The van der Waals surface area contributed by atoms with Crippen LogP contribution in [0.25, 0.3) is 0 Å². The summed E-state index contributed by atoms with van der Waals surface area (Å²) in [6.45, 7) is 1.79. The summed E-state index contributed by atoms with van der Waals surface area (Å²) in [5, 5.41) is 6.46. The summed E-state index contributed by atoms with van der Waals surface area (Å²) >= 11 is 0. The minimum atomic E-state index is -4.33. The molecule has 0 radical (unpaired) electrons. The van der Waals surface area contributed by atoms with Gasteiger partial charge in [0.05, 0.1) is 5.56 Å². The molecule has 0 spiro atoms. The molecule has 160 valence electrons. The molecule has 1 heterocycles. The fourth-order valence-electron chi connectivity index (χ4n) is 4.07. The Hall–Kier alpha value is -2.25. The SMILES string of the molecule is CN=C(NCc1ccc(C(F)(F)F)cc1)NC1CCN(C(=O)C2CCCCC2)C1. The summed E-state index contributed by atoms with van der Waals surface area (Å²) in [4.78, 5) is 18.8. The first-order valence-electron chi connectivity index (χ1n) is 10.3. The van der Waals surface area contributed by atoms with Crippen molar-refractivity contribution in [3.8, 4) is 0 Å². The molecule has 29 heavy (non-hydrogen) atoms. The van der Waals surface area contributed by atoms with Crippen molar-refractivity contribution < 1.29 is 18.0 Å². The molecule has 1 aliphatic heterocycles. The van der Waals surface area contributed by atoms with Gasteiger partial charge in [-0.25, -0.2) is 0 Å². The van der Waals surface area contributed by atoms with Crippen LogP contribution >= 0.6 is 0 Å². The first-order valence-corrected chi connectivity index (χ1v) is 10.3. The minimum Gasteiger partial charge on any atom is -0.352 e. The monoisotopic (exact) mass is 410 g/mol. The second-order valence-corrected chi connectivity index (χ2v) is 7.87. The minimum absolute atomic E-state index is 0.126. The first-order chi connectivity index (χ1) is 13.9. The van der Waals surface area contributed by atoms with Gasteiger partial charge in [0.25, 0.3) is 0 Å². The van der Waals surface area contributed by atoms with Crippen LogP contribution in [0.2, 0.25) is 0 Å². The maximum atomic E-state index is 12.7. The lowest BCUT2D eigenvalue weighted by atomic mass is 9.88. The van der Waals surface area contributed by atoms with Gasteiger partial charge in [0.2, 0.25) is 5.91 Å². The molecule has 2 N–H and O–H groups in total. The highest BCUT2D eigenvalue weighted by atomic mass is 19.4. The molecular formula is C21H29F3N4O. The van der Waals surface area contributed by atoms with Crippen LogP contribution < -0.4 is 10.6 Å². The number of hydrogen-bond acceptors (Lipinski definition) is 2. The number of halogens is 3. The molecule has 1 unspecified atom stereocenters. The Morgan fingerprint density at radius 2 is 1.83 bits per heavy atom. The zero-order chi connectivity index (χ0) is 20.9. The lowest BCUT2D eigenvalue weighted by molar-refractivity contribution is -0.137. The van der Waals surface area contributed by atoms with Crippen molar-refractivity contribution >= 4 is 11.9 Å². The number of carbonyl (C=O) groups is 1. The first kappa shape index (κ1) is 21.5. The number of guanidine groups is 1. The number of alkyl halides is 3. The van der Waals surface area contributed by atoms with Gasteiger partial charge in [-0.05, 0) is 37.0 Å². The van der Waals surface area contributed by atoms with Crippen molar-refractivity contribution in [2.24, 2.45) is 10.9 Å². The summed E-state index contributed by atoms with van der Waals surface area (Å²) in [5.74, 6) is 1.04. The van der Waals surface area contributed by atoms with Gasteiger partial charge < -0.3 is 15.5 Å². The fourth-order valence-corrected chi connectivity index (χ4v) is 4.07. The van der Waals surface area contributed by atoms with Gasteiger partial charge in [-0.15, -0.1) is 0 Å². The second-order valence-electron chi connectivity index (χ2n) is 7.87. The Morgan fingerprint density at radius 3 is 2.45 bits per heavy atom. The van der Waals surface area contributed by atoms with E-state index in [-0.39, 0.29) is 17.9 Å². The molecule has 1 atom stereocenters. The molecule has 3 rings (SSSR count). The third-order valence-corrected chi connectivity index (χ3v) is 5.76. The van der Waals surface area contributed by atoms with Crippen LogP contribution in [-0.2, 0) is 17.5 Å². The van der Waals surface area contributed by atoms with Crippen LogP contribution in [0.15, 0.2) is 29.3 Å². The van der Waals surface area contributed by atoms with Gasteiger partial charge in [-0.1, -0.05) is 31.4 Å². The van der Waals surface area contributed by atoms with E-state index in [4.69, 9.17) is 0 Å². The van der Waals surface area contributed by atoms with Gasteiger partial charge in [0.1, 0.15) is 0 Å². The third kappa shape index (κ3) is 5.87. The molecule has 5 nitrogen and oxygen atoms in total. The average molecular weight is 410 g/mol. The quantitative estimate of drug-likeness (QED) is 0.590. The van der Waals surface area contributed by atoms with Crippen molar-refractivity contribution in [1.82, 2.24) is 15.5 Å². The number of aliphatic imine (C=N–C) groups is 1. The summed E-state index contributed by atoms with van der Waals surface area (Å²) < 4.78 is 38.0. The van der Waals surface area contributed by atoms with E-state index in [2.05, 4.69) is 15.6 Å². The Labute approximate surface area is 169 Å². The smallest absolute Gasteiger partial charge is 0.352 e. The molecular weight excluding hydrogens is 381 g/mol. The number of nitrogens with one attached hydrogen (secondary N) is 2. The predicted octanol–water partition coefficient (Wildman–Crippen LogP) is 3.55. The van der Waals surface area contributed by atoms with Crippen molar-refractivity contribution in [2.75, 3.05) is 20.1 Å². The Morgan fingerprint density at radius 1 is 1.14 bits per heavy atom. The summed E-state index contributed by atoms with van der Waals surface area (Å²) in [6.07, 6.45) is 2.06. The Bertz CT molecular complexity index is 712. The summed E-state index contributed by atoms with van der Waals surface area (Å²) in [6, 6.07) is 5.21. The van der Waals surface area contributed by atoms with E-state index in [0.717, 1.165) is 56.3 Å². The average Bonchev–Trinajstić information content (AvgIpc) is 3.19. The van der Waals surface area contributed by atoms with Gasteiger partial charge in [-0.2, -0.15) is 13.2 Å². The van der Waals surface area contributed by atoms with Crippen LogP contribution in [0.5, 0.6) is 0 Å². The van der Waals surface area contributed by atoms with Crippen LogP contribution in [-0.4, -0.2) is 42.9 Å². The molecule has 8 heteroatoms. The van der Waals surface area contributed by atoms with Crippen molar-refractivity contribution in [1.29, 1.82) is 0 Å². The van der Waals surface area contributed by atoms with Crippen LogP contribution in [0.3, 0.4) is 0 Å². The van der Waals surface area contributed by atoms with E-state index >= 15 is 0 Å². The number of benzene rings is 1. The lowest BCUT2D eigenvalue weighted by Crippen LogP contribution is -2.45. The predicted molar refractivity (Wildman–Crippen MR) is 106 cm³/mol. The van der Waals surface area contributed by atoms with E-state index in [1.54, 1.807) is 7.05 Å². The molecule has 0 aromatic heterocycles. The highest BCUT2D eigenvalue weighted by Crippen LogP contribution is 2.29. The van der Waals surface area contributed by atoms with E-state index in [9.17, 15) is 18.0 Å². The van der Waals surface area contributed by atoms with Gasteiger partial charge in [0.15, 0.2) is 5.96 Å². The standard InChI is InChI=1S/C21H29F3N4O/c1-25-20(26-13-15-7-9-17(10-8-15)21(22,23)24)27-18-11-12-28(14-18)19(29)16-5-3-2-4-6-16/h7-10,16,18H,2-6,11-14H2,1H3,(H2,25,26,27). The zero-order valence-corrected chi connectivity index (χ0v) is 16.8. The molecule has 1 aromatic rings. The number of carbonyl (C=O) groups excluding carboxylic acids is 1. The van der Waals surface area contributed by atoms with Gasteiger partial charge >= 0.3 is 6.18 Å². The Kier molecular flexibility index (Phi) is 7.03. The highest BCUT2D eigenvalue weighted by Gasteiger charge is 2.32. The van der Waals surface area contributed by atoms with Gasteiger partial charge in [0, 0.05) is 38.6 Å². The van der Waals surface area contributed by atoms with Crippen LogP contribution in [0.4, 0.5) is 13.2 Å². The molecule has 1 aromatic carbocycles. The molecule has 1 amide bonds.